The van der Waals surface area contributed by atoms with Crippen molar-refractivity contribution in [3.05, 3.63) is 72.4 Å². The van der Waals surface area contributed by atoms with Crippen LogP contribution < -0.4 is 4.90 Å². The molecule has 0 radical (unpaired) electrons. The van der Waals surface area contributed by atoms with Gasteiger partial charge in [-0.3, -0.25) is 14.6 Å². The summed E-state index contributed by atoms with van der Waals surface area (Å²) in [5, 5.41) is 8.58. The smallest absolute Gasteiger partial charge is 0.228 e. The van der Waals surface area contributed by atoms with Gasteiger partial charge in [0.25, 0.3) is 0 Å². The van der Waals surface area contributed by atoms with E-state index in [1.54, 1.807) is 4.68 Å². The lowest BCUT2D eigenvalue weighted by Crippen LogP contribution is -2.47. The molecule has 1 fully saturated rings. The second-order valence-electron chi connectivity index (χ2n) is 7.47. The Balaban J connectivity index is 1.46. The highest BCUT2D eigenvalue weighted by molar-refractivity contribution is 5.92. The predicted octanol–water partition coefficient (Wildman–Crippen LogP) is 3.67. The van der Waals surface area contributed by atoms with Gasteiger partial charge >= 0.3 is 0 Å². The lowest BCUT2D eigenvalue weighted by molar-refractivity contribution is -0.119. The Hall–Kier alpha value is -2.99. The summed E-state index contributed by atoms with van der Waals surface area (Å²) in [6, 6.07) is 20.6. The first-order valence-corrected chi connectivity index (χ1v) is 10.3. The van der Waals surface area contributed by atoms with Crippen molar-refractivity contribution >= 4 is 11.7 Å². The van der Waals surface area contributed by atoms with E-state index in [4.69, 9.17) is 0 Å². The molecule has 0 N–H and O–H groups in total. The highest BCUT2D eigenvalue weighted by Gasteiger charge is 2.30. The normalized spacial score (nSPS) is 15.3. The number of amides is 1. The zero-order valence-corrected chi connectivity index (χ0v) is 16.8. The molecule has 0 unspecified atom stereocenters. The fourth-order valence-corrected chi connectivity index (χ4v) is 3.94. The number of para-hydroxylation sites is 1. The number of nitrogens with zero attached hydrogens (tertiary/aromatic N) is 5. The summed E-state index contributed by atoms with van der Waals surface area (Å²) < 4.78 is 1.73. The number of carbonyl (C=O) groups is 1. The molecule has 4 rings (SSSR count). The lowest BCUT2D eigenvalue weighted by atomic mass is 10.0. The molecule has 1 aliphatic rings. The number of benzene rings is 2. The number of carbonyl (C=O) groups excluding carboxylic acids is 1. The summed E-state index contributed by atoms with van der Waals surface area (Å²) in [4.78, 5) is 17.1. The van der Waals surface area contributed by atoms with Gasteiger partial charge in [0.15, 0.2) is 5.82 Å². The second kappa shape index (κ2) is 9.01. The molecular weight excluding hydrogens is 362 g/mol. The highest BCUT2D eigenvalue weighted by Crippen LogP contribution is 2.24. The van der Waals surface area contributed by atoms with E-state index in [9.17, 15) is 4.79 Å². The van der Waals surface area contributed by atoms with E-state index in [1.165, 1.54) is 5.56 Å². The van der Waals surface area contributed by atoms with Gasteiger partial charge in [0.05, 0.1) is 11.9 Å². The van der Waals surface area contributed by atoms with Crippen molar-refractivity contribution in [2.45, 2.75) is 38.8 Å². The van der Waals surface area contributed by atoms with Gasteiger partial charge in [-0.2, -0.15) is 0 Å². The third kappa shape index (κ3) is 4.54. The summed E-state index contributed by atoms with van der Waals surface area (Å²) in [7, 11) is 0. The molecule has 0 bridgehead atoms. The minimum absolute atomic E-state index is 0.103. The quantitative estimate of drug-likeness (QED) is 0.645. The molecule has 1 saturated heterocycles. The van der Waals surface area contributed by atoms with E-state index in [2.05, 4.69) is 39.5 Å². The maximum atomic E-state index is 12.8. The summed E-state index contributed by atoms with van der Waals surface area (Å²) >= 11 is 0. The van der Waals surface area contributed by atoms with Crippen LogP contribution in [0.3, 0.4) is 0 Å². The van der Waals surface area contributed by atoms with E-state index in [0.29, 0.717) is 12.2 Å². The number of anilines is 1. The van der Waals surface area contributed by atoms with Crippen LogP contribution in [0, 0.1) is 0 Å². The number of hydrogen-bond donors (Lipinski definition) is 0. The molecule has 29 heavy (non-hydrogen) atoms. The molecule has 1 aromatic heterocycles. The molecule has 1 aliphatic heterocycles. The first kappa shape index (κ1) is 19.3. The van der Waals surface area contributed by atoms with E-state index < -0.39 is 0 Å². The Morgan fingerprint density at radius 1 is 1.03 bits per heavy atom. The van der Waals surface area contributed by atoms with Crippen LogP contribution in [0.2, 0.25) is 0 Å². The van der Waals surface area contributed by atoms with Crippen molar-refractivity contribution < 1.29 is 4.79 Å². The zero-order chi connectivity index (χ0) is 20.1. The molecule has 0 aliphatic carbocycles. The molecule has 6 nitrogen and oxygen atoms in total. The zero-order valence-electron chi connectivity index (χ0n) is 16.8. The fraction of sp³-hybridized carbons (Fsp3) is 0.348. The molecule has 0 atom stereocenters. The average Bonchev–Trinajstić information content (AvgIpc) is 3.26. The van der Waals surface area contributed by atoms with Crippen LogP contribution in [0.15, 0.2) is 66.9 Å². The van der Waals surface area contributed by atoms with Crippen LogP contribution in [0.1, 0.15) is 31.7 Å². The Morgan fingerprint density at radius 2 is 1.69 bits per heavy atom. The highest BCUT2D eigenvalue weighted by atomic mass is 16.2. The van der Waals surface area contributed by atoms with Gasteiger partial charge in [-0.1, -0.05) is 60.7 Å². The number of hydrogen-bond acceptors (Lipinski definition) is 4. The fourth-order valence-electron chi connectivity index (χ4n) is 3.94. The SMILES string of the molecule is CCC(=O)N(c1cn(-c2ccccc2)nn1)C1CCN(Cc2ccccc2)CC1. The maximum absolute atomic E-state index is 12.8. The van der Waals surface area contributed by atoms with Crippen molar-refractivity contribution in [1.82, 2.24) is 19.9 Å². The van der Waals surface area contributed by atoms with Gasteiger partial charge in [0.2, 0.25) is 5.91 Å². The summed E-state index contributed by atoms with van der Waals surface area (Å²) in [5.74, 6) is 0.744. The standard InChI is InChI=1S/C23H27N5O/c1-2-23(29)28(22-18-27(25-24-22)20-11-7-4-8-12-20)21-13-15-26(16-14-21)17-19-9-5-3-6-10-19/h3-12,18,21H,2,13-17H2,1H3. The van der Waals surface area contributed by atoms with Crippen LogP contribution in [-0.4, -0.2) is 44.9 Å². The van der Waals surface area contributed by atoms with Crippen molar-refractivity contribution in [2.75, 3.05) is 18.0 Å². The Morgan fingerprint density at radius 3 is 2.34 bits per heavy atom. The number of likely N-dealkylation sites (tertiary alicyclic amines) is 1. The molecule has 6 heteroatoms. The minimum atomic E-state index is 0.103. The third-order valence-electron chi connectivity index (χ3n) is 5.49. The third-order valence-corrected chi connectivity index (χ3v) is 5.49. The van der Waals surface area contributed by atoms with Crippen LogP contribution in [0.4, 0.5) is 5.82 Å². The van der Waals surface area contributed by atoms with Gasteiger partial charge in [-0.05, 0) is 30.5 Å². The van der Waals surface area contributed by atoms with Gasteiger partial charge < -0.3 is 0 Å². The monoisotopic (exact) mass is 389 g/mol. The molecule has 2 aromatic carbocycles. The summed E-state index contributed by atoms with van der Waals surface area (Å²) in [6.07, 6.45) is 4.20. The Kier molecular flexibility index (Phi) is 6.00. The molecule has 150 valence electrons. The van der Waals surface area contributed by atoms with Gasteiger partial charge in [-0.25, -0.2) is 4.68 Å². The first-order valence-electron chi connectivity index (χ1n) is 10.3. The number of rotatable bonds is 6. The summed E-state index contributed by atoms with van der Waals surface area (Å²) in [6.45, 7) is 4.81. The van der Waals surface area contributed by atoms with E-state index >= 15 is 0 Å². The second-order valence-corrected chi connectivity index (χ2v) is 7.47. The minimum Gasteiger partial charge on any atom is -0.299 e. The Labute approximate surface area is 171 Å². The molecule has 2 heterocycles. The van der Waals surface area contributed by atoms with Gasteiger partial charge in [0, 0.05) is 32.1 Å². The van der Waals surface area contributed by atoms with Crippen molar-refractivity contribution in [3.8, 4) is 5.69 Å². The van der Waals surface area contributed by atoms with E-state index in [0.717, 1.165) is 38.2 Å². The van der Waals surface area contributed by atoms with Crippen molar-refractivity contribution in [3.63, 3.8) is 0 Å². The van der Waals surface area contributed by atoms with Gasteiger partial charge in [0.1, 0.15) is 0 Å². The number of aromatic nitrogens is 3. The average molecular weight is 390 g/mol. The maximum Gasteiger partial charge on any atom is 0.228 e. The summed E-state index contributed by atoms with van der Waals surface area (Å²) in [5.41, 5.74) is 2.27. The van der Waals surface area contributed by atoms with Crippen LogP contribution in [0.25, 0.3) is 5.69 Å². The van der Waals surface area contributed by atoms with Crippen LogP contribution in [-0.2, 0) is 11.3 Å². The first-order chi connectivity index (χ1) is 14.2. The Bertz CT molecular complexity index is 917. The topological polar surface area (TPSA) is 54.3 Å². The van der Waals surface area contributed by atoms with Crippen LogP contribution >= 0.6 is 0 Å². The largest absolute Gasteiger partial charge is 0.299 e. The molecule has 3 aromatic rings. The molecule has 0 saturated carbocycles. The lowest BCUT2D eigenvalue weighted by Gasteiger charge is -2.37. The molecule has 1 amide bonds. The molecule has 0 spiro atoms. The van der Waals surface area contributed by atoms with Crippen molar-refractivity contribution in [2.24, 2.45) is 0 Å². The van der Waals surface area contributed by atoms with E-state index in [-0.39, 0.29) is 11.9 Å². The predicted molar refractivity (Wildman–Crippen MR) is 114 cm³/mol. The van der Waals surface area contributed by atoms with Crippen LogP contribution in [0.5, 0.6) is 0 Å². The van der Waals surface area contributed by atoms with Gasteiger partial charge in [-0.15, -0.1) is 5.10 Å². The molecular formula is C23H27N5O. The number of piperidine rings is 1. The van der Waals surface area contributed by atoms with E-state index in [1.807, 2.05) is 54.4 Å². The van der Waals surface area contributed by atoms with Crippen molar-refractivity contribution in [1.29, 1.82) is 0 Å².